The SMILES string of the molecule is CC1=C(Cl)C(=O)[C@@]2(C)C1=CC(=O)[C@@]13CO[C@@]4(C)[C@@H](OC(=O)[C@@H]41)[C@H](O)[C@H]23. The van der Waals surface area contributed by atoms with Crippen LogP contribution in [0.1, 0.15) is 20.8 Å². The smallest absolute Gasteiger partial charge is 0.313 e. The summed E-state index contributed by atoms with van der Waals surface area (Å²) < 4.78 is 11.3. The van der Waals surface area contributed by atoms with Crippen LogP contribution in [0.25, 0.3) is 0 Å². The van der Waals surface area contributed by atoms with Crippen molar-refractivity contribution in [3.63, 3.8) is 0 Å². The van der Waals surface area contributed by atoms with E-state index >= 15 is 0 Å². The van der Waals surface area contributed by atoms with Crippen molar-refractivity contribution in [1.29, 1.82) is 0 Å². The van der Waals surface area contributed by atoms with Crippen LogP contribution in [0.15, 0.2) is 22.3 Å². The van der Waals surface area contributed by atoms with Crippen LogP contribution in [0.4, 0.5) is 0 Å². The highest BCUT2D eigenvalue weighted by molar-refractivity contribution is 6.45. The molecule has 0 amide bonds. The number of ether oxygens (including phenoxy) is 2. The normalized spacial score (nSPS) is 53.0. The minimum Gasteiger partial charge on any atom is -0.456 e. The van der Waals surface area contributed by atoms with Gasteiger partial charge in [-0.3, -0.25) is 14.4 Å². The summed E-state index contributed by atoms with van der Waals surface area (Å²) >= 11 is 6.21. The van der Waals surface area contributed by atoms with Crippen molar-refractivity contribution in [2.75, 3.05) is 6.61 Å². The first-order valence-corrected chi connectivity index (χ1v) is 8.70. The molecule has 1 N–H and O–H groups in total. The third-order valence-corrected chi connectivity index (χ3v) is 7.74. The maximum absolute atomic E-state index is 13.2. The highest BCUT2D eigenvalue weighted by Crippen LogP contribution is 2.70. The van der Waals surface area contributed by atoms with Gasteiger partial charge in [0.25, 0.3) is 0 Å². The first-order chi connectivity index (χ1) is 11.6. The summed E-state index contributed by atoms with van der Waals surface area (Å²) in [6, 6.07) is 0. The Hall–Kier alpha value is -1.50. The predicted octanol–water partition coefficient (Wildman–Crippen LogP) is 0.905. The molecule has 5 aliphatic rings. The van der Waals surface area contributed by atoms with Crippen molar-refractivity contribution >= 4 is 29.1 Å². The lowest BCUT2D eigenvalue weighted by Crippen LogP contribution is -2.67. The predicted molar refractivity (Wildman–Crippen MR) is 84.4 cm³/mol. The fraction of sp³-hybridized carbons (Fsp3) is 0.611. The Bertz CT molecular complexity index is 858. The number of fused-ring (bicyclic) bond motifs is 2. The quantitative estimate of drug-likeness (QED) is 0.642. The molecule has 2 saturated heterocycles. The molecule has 0 aromatic heterocycles. The van der Waals surface area contributed by atoms with Crippen LogP contribution in [-0.4, -0.2) is 47.1 Å². The van der Waals surface area contributed by atoms with E-state index in [0.29, 0.717) is 11.1 Å². The van der Waals surface area contributed by atoms with Crippen molar-refractivity contribution in [3.05, 3.63) is 22.3 Å². The number of carbonyl (C=O) groups is 3. The average molecular weight is 365 g/mol. The fourth-order valence-electron chi connectivity index (χ4n) is 6.20. The van der Waals surface area contributed by atoms with Crippen LogP contribution in [0, 0.1) is 22.7 Å². The Morgan fingerprint density at radius 1 is 1.28 bits per heavy atom. The van der Waals surface area contributed by atoms with Gasteiger partial charge in [-0.05, 0) is 38.0 Å². The molecule has 7 atom stereocenters. The second-order valence-corrected chi connectivity index (χ2v) is 8.54. The van der Waals surface area contributed by atoms with E-state index in [9.17, 15) is 19.5 Å². The molecule has 7 heteroatoms. The molecule has 2 heterocycles. The number of allylic oxidation sites excluding steroid dienone is 4. The molecule has 4 bridgehead atoms. The summed E-state index contributed by atoms with van der Waals surface area (Å²) in [5.74, 6) is -2.80. The van der Waals surface area contributed by atoms with Crippen molar-refractivity contribution in [2.24, 2.45) is 22.7 Å². The van der Waals surface area contributed by atoms with E-state index in [1.54, 1.807) is 20.8 Å². The molecule has 0 radical (unpaired) electrons. The van der Waals surface area contributed by atoms with Crippen LogP contribution >= 0.6 is 11.6 Å². The van der Waals surface area contributed by atoms with Crippen LogP contribution < -0.4 is 0 Å². The number of hydrogen-bond donors (Lipinski definition) is 1. The number of halogens is 1. The molecular weight excluding hydrogens is 348 g/mol. The Morgan fingerprint density at radius 3 is 2.64 bits per heavy atom. The zero-order valence-corrected chi connectivity index (χ0v) is 14.7. The van der Waals surface area contributed by atoms with Gasteiger partial charge in [0.2, 0.25) is 0 Å². The van der Waals surface area contributed by atoms with E-state index < -0.39 is 46.4 Å². The highest BCUT2D eigenvalue weighted by atomic mass is 35.5. The van der Waals surface area contributed by atoms with Gasteiger partial charge < -0.3 is 14.6 Å². The van der Waals surface area contributed by atoms with Crippen molar-refractivity contribution in [1.82, 2.24) is 0 Å². The minimum absolute atomic E-state index is 0.0103. The second kappa shape index (κ2) is 4.08. The van der Waals surface area contributed by atoms with E-state index in [0.717, 1.165) is 0 Å². The van der Waals surface area contributed by atoms with E-state index in [4.69, 9.17) is 21.1 Å². The van der Waals surface area contributed by atoms with Crippen LogP contribution in [0.5, 0.6) is 0 Å². The summed E-state index contributed by atoms with van der Waals surface area (Å²) in [7, 11) is 0. The van der Waals surface area contributed by atoms with Gasteiger partial charge >= 0.3 is 5.97 Å². The molecule has 0 aromatic rings. The number of carbonyl (C=O) groups excluding carboxylic acids is 3. The Kier molecular flexibility index (Phi) is 2.57. The van der Waals surface area contributed by atoms with Crippen molar-refractivity contribution in [2.45, 2.75) is 38.6 Å². The average Bonchev–Trinajstić information content (AvgIpc) is 3.00. The summed E-state index contributed by atoms with van der Waals surface area (Å²) in [6.07, 6.45) is -0.665. The molecule has 0 aromatic carbocycles. The zero-order valence-electron chi connectivity index (χ0n) is 14.0. The van der Waals surface area contributed by atoms with Crippen LogP contribution in [0.3, 0.4) is 0 Å². The molecular formula is C18H17ClO6. The number of rotatable bonds is 0. The maximum Gasteiger partial charge on any atom is 0.313 e. The van der Waals surface area contributed by atoms with Gasteiger partial charge in [0, 0.05) is 5.92 Å². The van der Waals surface area contributed by atoms with Gasteiger partial charge in [0.1, 0.15) is 11.5 Å². The molecule has 5 rings (SSSR count). The number of aliphatic hydroxyl groups is 1. The Labute approximate surface area is 148 Å². The lowest BCUT2D eigenvalue weighted by molar-refractivity contribution is -0.165. The lowest BCUT2D eigenvalue weighted by Gasteiger charge is -2.53. The van der Waals surface area contributed by atoms with E-state index in [-0.39, 0.29) is 23.2 Å². The van der Waals surface area contributed by atoms with Crippen molar-refractivity contribution < 1.29 is 29.0 Å². The lowest BCUT2D eigenvalue weighted by atomic mass is 9.45. The molecule has 0 unspecified atom stereocenters. The molecule has 1 saturated carbocycles. The summed E-state index contributed by atoms with van der Waals surface area (Å²) in [5.41, 5.74) is -2.44. The number of esters is 1. The van der Waals surface area contributed by atoms with Gasteiger partial charge in [-0.2, -0.15) is 0 Å². The van der Waals surface area contributed by atoms with Crippen LogP contribution in [0.2, 0.25) is 0 Å². The molecule has 132 valence electrons. The Balaban J connectivity index is 1.83. The first kappa shape index (κ1) is 15.7. The molecule has 1 spiro atoms. The molecule has 25 heavy (non-hydrogen) atoms. The van der Waals surface area contributed by atoms with Gasteiger partial charge in [-0.1, -0.05) is 11.6 Å². The number of hydrogen-bond acceptors (Lipinski definition) is 6. The largest absolute Gasteiger partial charge is 0.456 e. The van der Waals surface area contributed by atoms with E-state index in [1.165, 1.54) is 6.08 Å². The fourth-order valence-corrected chi connectivity index (χ4v) is 6.49. The second-order valence-electron chi connectivity index (χ2n) is 8.16. The number of Topliss-reactive ketones (excluding diaryl/α,β-unsaturated/α-hetero) is 1. The van der Waals surface area contributed by atoms with Gasteiger partial charge in [0.05, 0.1) is 28.6 Å². The number of ketones is 2. The standard InChI is InChI=1S/C18H17ClO6/c1-6-7-4-8(20)18-5-24-17(3)12(18)15(23)25-14(17)10(21)11(18)16(7,2)13(22)9(6)19/h4,10-12,14,21H,5H2,1-3H3/t10-,11-,12+,14+,16+,17-,18-/m1/s1. The van der Waals surface area contributed by atoms with Gasteiger partial charge in [-0.15, -0.1) is 0 Å². The molecule has 3 fully saturated rings. The summed E-state index contributed by atoms with van der Waals surface area (Å²) in [5, 5.41) is 11.2. The molecule has 6 nitrogen and oxygen atoms in total. The zero-order chi connectivity index (χ0) is 18.1. The van der Waals surface area contributed by atoms with E-state index in [2.05, 4.69) is 0 Å². The van der Waals surface area contributed by atoms with E-state index in [1.807, 2.05) is 0 Å². The summed E-state index contributed by atoms with van der Waals surface area (Å²) in [4.78, 5) is 38.8. The third kappa shape index (κ3) is 1.29. The van der Waals surface area contributed by atoms with Gasteiger partial charge in [0.15, 0.2) is 17.7 Å². The van der Waals surface area contributed by atoms with Gasteiger partial charge in [-0.25, -0.2) is 0 Å². The Morgan fingerprint density at radius 2 is 1.96 bits per heavy atom. The minimum atomic E-state index is -1.30. The highest BCUT2D eigenvalue weighted by Gasteiger charge is 2.83. The topological polar surface area (TPSA) is 89.9 Å². The third-order valence-electron chi connectivity index (χ3n) is 7.28. The van der Waals surface area contributed by atoms with Crippen LogP contribution in [-0.2, 0) is 23.9 Å². The first-order valence-electron chi connectivity index (χ1n) is 8.32. The maximum atomic E-state index is 13.2. The summed E-state index contributed by atoms with van der Waals surface area (Å²) in [6.45, 7) is 5.09. The number of aliphatic hydroxyl groups excluding tert-OH is 1. The molecule has 2 aliphatic heterocycles. The molecule has 3 aliphatic carbocycles. The van der Waals surface area contributed by atoms with Crippen molar-refractivity contribution in [3.8, 4) is 0 Å². The monoisotopic (exact) mass is 364 g/mol.